The van der Waals surface area contributed by atoms with Crippen molar-refractivity contribution in [2.24, 2.45) is 7.05 Å². The number of carbonyl (C=O) groups is 3. The Morgan fingerprint density at radius 3 is 2.26 bits per heavy atom. The van der Waals surface area contributed by atoms with Gasteiger partial charge in [-0.05, 0) is 32.4 Å². The van der Waals surface area contributed by atoms with Gasteiger partial charge >= 0.3 is 11.9 Å². The fraction of sp³-hybridized carbons (Fsp3) is 0.462. The largest absolute Gasteiger partial charge is 0.461 e. The van der Waals surface area contributed by atoms with Gasteiger partial charge in [-0.2, -0.15) is 0 Å². The lowest BCUT2D eigenvalue weighted by Gasteiger charge is -2.06. The summed E-state index contributed by atoms with van der Waals surface area (Å²) in [7, 11) is 1.53. The summed E-state index contributed by atoms with van der Waals surface area (Å²) in [6.07, 6.45) is 0. The highest BCUT2D eigenvalue weighted by Crippen LogP contribution is 2.16. The van der Waals surface area contributed by atoms with Gasteiger partial charge in [0.2, 0.25) is 0 Å². The second-order valence-electron chi connectivity index (χ2n) is 3.89. The second-order valence-corrected chi connectivity index (χ2v) is 3.89. The maximum atomic E-state index is 11.9. The summed E-state index contributed by atoms with van der Waals surface area (Å²) in [4.78, 5) is 35.0. The Morgan fingerprint density at radius 1 is 1.16 bits per heavy atom. The molecule has 6 heteroatoms. The maximum Gasteiger partial charge on any atom is 0.381 e. The molecule has 0 saturated carbocycles. The predicted molar refractivity (Wildman–Crippen MR) is 67.1 cm³/mol. The highest BCUT2D eigenvalue weighted by atomic mass is 16.5. The van der Waals surface area contributed by atoms with Crippen LogP contribution in [0, 0.1) is 6.92 Å². The molecule has 0 unspecified atom stereocenters. The molecule has 0 N–H and O–H groups in total. The van der Waals surface area contributed by atoms with Crippen molar-refractivity contribution in [1.29, 1.82) is 0 Å². The van der Waals surface area contributed by atoms with E-state index in [4.69, 9.17) is 4.74 Å². The Hall–Kier alpha value is -2.11. The van der Waals surface area contributed by atoms with E-state index in [9.17, 15) is 14.4 Å². The molecule has 19 heavy (non-hydrogen) atoms. The van der Waals surface area contributed by atoms with Crippen LogP contribution in [-0.4, -0.2) is 35.5 Å². The molecule has 104 valence electrons. The summed E-state index contributed by atoms with van der Waals surface area (Å²) >= 11 is 0. The molecule has 0 aliphatic carbocycles. The van der Waals surface area contributed by atoms with Crippen LogP contribution in [0.5, 0.6) is 0 Å². The number of Topliss-reactive ketones (excluding diaryl/α,β-unsaturated/α-hetero) is 1. The highest BCUT2D eigenvalue weighted by Gasteiger charge is 2.26. The molecule has 0 fully saturated rings. The lowest BCUT2D eigenvalue weighted by Crippen LogP contribution is -2.21. The molecule has 1 rings (SSSR count). The fourth-order valence-electron chi connectivity index (χ4n) is 1.77. The van der Waals surface area contributed by atoms with Crippen LogP contribution in [0.3, 0.4) is 0 Å². The van der Waals surface area contributed by atoms with Crippen LogP contribution in [0.4, 0.5) is 0 Å². The van der Waals surface area contributed by atoms with E-state index >= 15 is 0 Å². The normalized spacial score (nSPS) is 10.1. The van der Waals surface area contributed by atoms with Gasteiger partial charge in [-0.15, -0.1) is 0 Å². The molecule has 6 nitrogen and oxygen atoms in total. The number of ether oxygens (including phenoxy) is 2. The zero-order valence-electron chi connectivity index (χ0n) is 11.5. The summed E-state index contributed by atoms with van der Waals surface area (Å²) in [6, 6.07) is 1.48. The SMILES string of the molecule is CCOC(=O)C(=O)c1cc(C)c(C(=O)OCC)n1C. The first kappa shape index (κ1) is 14.9. The molecule has 0 atom stereocenters. The van der Waals surface area contributed by atoms with Crippen LogP contribution in [0.15, 0.2) is 6.07 Å². The quantitative estimate of drug-likeness (QED) is 0.456. The van der Waals surface area contributed by atoms with E-state index in [2.05, 4.69) is 4.74 Å². The number of aromatic nitrogens is 1. The monoisotopic (exact) mass is 267 g/mol. The topological polar surface area (TPSA) is 74.6 Å². The van der Waals surface area contributed by atoms with E-state index in [1.165, 1.54) is 17.7 Å². The first-order chi connectivity index (χ1) is 8.93. The third-order valence-corrected chi connectivity index (χ3v) is 2.59. The molecule has 0 radical (unpaired) electrons. The van der Waals surface area contributed by atoms with Gasteiger partial charge < -0.3 is 14.0 Å². The lowest BCUT2D eigenvalue weighted by molar-refractivity contribution is -0.137. The highest BCUT2D eigenvalue weighted by molar-refractivity contribution is 6.40. The number of ketones is 1. The first-order valence-electron chi connectivity index (χ1n) is 5.98. The van der Waals surface area contributed by atoms with Crippen molar-refractivity contribution in [3.8, 4) is 0 Å². The van der Waals surface area contributed by atoms with Gasteiger partial charge in [0.15, 0.2) is 0 Å². The molecule has 0 amide bonds. The fourth-order valence-corrected chi connectivity index (χ4v) is 1.77. The Morgan fingerprint density at radius 2 is 1.74 bits per heavy atom. The molecular weight excluding hydrogens is 250 g/mol. The van der Waals surface area contributed by atoms with E-state index in [0.717, 1.165) is 0 Å². The molecule has 1 aromatic rings. The number of hydrogen-bond donors (Lipinski definition) is 0. The van der Waals surface area contributed by atoms with Crippen LogP contribution >= 0.6 is 0 Å². The van der Waals surface area contributed by atoms with E-state index in [0.29, 0.717) is 5.56 Å². The lowest BCUT2D eigenvalue weighted by atomic mass is 10.2. The van der Waals surface area contributed by atoms with Crippen molar-refractivity contribution in [3.05, 3.63) is 23.0 Å². The minimum atomic E-state index is -0.932. The summed E-state index contributed by atoms with van der Waals surface area (Å²) in [5, 5.41) is 0. The van der Waals surface area contributed by atoms with Gasteiger partial charge in [-0.3, -0.25) is 4.79 Å². The second kappa shape index (κ2) is 6.17. The Labute approximate surface area is 111 Å². The number of rotatable bonds is 5. The number of esters is 2. The van der Waals surface area contributed by atoms with Crippen LogP contribution in [0.1, 0.15) is 40.4 Å². The number of aryl methyl sites for hydroxylation is 1. The molecular formula is C13H17NO5. The number of nitrogens with zero attached hydrogens (tertiary/aromatic N) is 1. The van der Waals surface area contributed by atoms with Crippen LogP contribution in [0.2, 0.25) is 0 Å². The van der Waals surface area contributed by atoms with Crippen LogP contribution in [0.25, 0.3) is 0 Å². The molecule has 1 aromatic heterocycles. The van der Waals surface area contributed by atoms with Gasteiger partial charge in [-0.1, -0.05) is 0 Å². The molecule has 0 saturated heterocycles. The zero-order chi connectivity index (χ0) is 14.6. The number of hydrogen-bond acceptors (Lipinski definition) is 5. The number of carbonyl (C=O) groups excluding carboxylic acids is 3. The van der Waals surface area contributed by atoms with Crippen molar-refractivity contribution in [2.45, 2.75) is 20.8 Å². The third-order valence-electron chi connectivity index (χ3n) is 2.59. The van der Waals surface area contributed by atoms with Gasteiger partial charge in [0.1, 0.15) is 5.69 Å². The van der Waals surface area contributed by atoms with E-state index in [1.807, 2.05) is 0 Å². The van der Waals surface area contributed by atoms with E-state index < -0.39 is 17.7 Å². The zero-order valence-corrected chi connectivity index (χ0v) is 11.5. The average molecular weight is 267 g/mol. The summed E-state index contributed by atoms with van der Waals surface area (Å²) in [5.41, 5.74) is 0.946. The third kappa shape index (κ3) is 3.01. The van der Waals surface area contributed by atoms with E-state index in [-0.39, 0.29) is 24.6 Å². The predicted octanol–water partition coefficient (Wildman–Crippen LogP) is 1.26. The molecule has 0 bridgehead atoms. The van der Waals surface area contributed by atoms with Crippen LogP contribution < -0.4 is 0 Å². The van der Waals surface area contributed by atoms with Gasteiger partial charge in [0, 0.05) is 7.05 Å². The summed E-state index contributed by atoms with van der Waals surface area (Å²) in [5.74, 6) is -2.23. The van der Waals surface area contributed by atoms with Crippen molar-refractivity contribution < 1.29 is 23.9 Å². The van der Waals surface area contributed by atoms with Crippen molar-refractivity contribution in [3.63, 3.8) is 0 Å². The van der Waals surface area contributed by atoms with Gasteiger partial charge in [-0.25, -0.2) is 9.59 Å². The average Bonchev–Trinajstić information content (AvgIpc) is 2.64. The molecule has 1 heterocycles. The smallest absolute Gasteiger partial charge is 0.381 e. The van der Waals surface area contributed by atoms with Gasteiger partial charge in [0.05, 0.1) is 18.9 Å². The summed E-state index contributed by atoms with van der Waals surface area (Å²) in [6.45, 7) is 5.35. The minimum Gasteiger partial charge on any atom is -0.461 e. The molecule has 0 aromatic carbocycles. The molecule has 0 aliphatic heterocycles. The summed E-state index contributed by atoms with van der Waals surface area (Å²) < 4.78 is 10.9. The van der Waals surface area contributed by atoms with Crippen molar-refractivity contribution in [1.82, 2.24) is 4.57 Å². The van der Waals surface area contributed by atoms with Crippen molar-refractivity contribution in [2.75, 3.05) is 13.2 Å². The Bertz CT molecular complexity index is 515. The standard InChI is InChI=1S/C13H17NO5/c1-5-18-12(16)10-8(3)7-9(14(10)4)11(15)13(17)19-6-2/h7H,5-6H2,1-4H3. The Kier molecular flexibility index (Phi) is 4.86. The molecule has 0 spiro atoms. The Balaban J connectivity index is 3.12. The van der Waals surface area contributed by atoms with E-state index in [1.54, 1.807) is 20.8 Å². The first-order valence-corrected chi connectivity index (χ1v) is 5.98. The van der Waals surface area contributed by atoms with Crippen molar-refractivity contribution >= 4 is 17.7 Å². The van der Waals surface area contributed by atoms with Gasteiger partial charge in [0.25, 0.3) is 5.78 Å². The van der Waals surface area contributed by atoms with Crippen LogP contribution in [-0.2, 0) is 21.3 Å². The minimum absolute atomic E-state index is 0.110. The molecule has 0 aliphatic rings. The maximum absolute atomic E-state index is 11.9.